The van der Waals surface area contributed by atoms with Crippen LogP contribution in [-0.2, 0) is 0 Å². The van der Waals surface area contributed by atoms with Crippen LogP contribution in [-0.4, -0.2) is 26.2 Å². The second-order valence-electron chi connectivity index (χ2n) is 6.11. The lowest BCUT2D eigenvalue weighted by Crippen LogP contribution is -2.44. The normalized spacial score (nSPS) is 33.5. The van der Waals surface area contributed by atoms with Gasteiger partial charge < -0.3 is 10.6 Å². The third-order valence-electron chi connectivity index (χ3n) is 5.18. The predicted octanol–water partition coefficient (Wildman–Crippen LogP) is 2.93. The van der Waals surface area contributed by atoms with E-state index in [4.69, 9.17) is 0 Å². The SMILES string of the molecule is CNC1CCC(C(NC)C2CCCCC2)CC1. The molecule has 2 nitrogen and oxygen atoms in total. The molecule has 0 heterocycles. The van der Waals surface area contributed by atoms with Crippen LogP contribution < -0.4 is 10.6 Å². The van der Waals surface area contributed by atoms with Crippen LogP contribution in [0.3, 0.4) is 0 Å². The summed E-state index contributed by atoms with van der Waals surface area (Å²) in [5, 5.41) is 7.09. The van der Waals surface area contributed by atoms with Crippen LogP contribution in [0.25, 0.3) is 0 Å². The fourth-order valence-electron chi connectivity index (χ4n) is 4.12. The molecule has 1 atom stereocenters. The molecule has 2 aliphatic carbocycles. The molecule has 0 aromatic rings. The standard InChI is InChI=1S/C15H30N2/c1-16-14-10-8-13(9-11-14)15(17-2)12-6-4-3-5-7-12/h12-17H,3-11H2,1-2H3. The monoisotopic (exact) mass is 238 g/mol. The zero-order chi connectivity index (χ0) is 12.1. The largest absolute Gasteiger partial charge is 0.317 e. The molecule has 0 aromatic carbocycles. The van der Waals surface area contributed by atoms with E-state index >= 15 is 0 Å². The molecule has 100 valence electrons. The van der Waals surface area contributed by atoms with Gasteiger partial charge in [0.1, 0.15) is 0 Å². The maximum Gasteiger partial charge on any atom is 0.0121 e. The minimum Gasteiger partial charge on any atom is -0.317 e. The van der Waals surface area contributed by atoms with E-state index in [1.807, 2.05) is 0 Å². The third-order valence-corrected chi connectivity index (χ3v) is 5.18. The Balaban J connectivity index is 1.85. The minimum atomic E-state index is 0.787. The maximum atomic E-state index is 3.65. The Hall–Kier alpha value is -0.0800. The first-order valence-electron chi connectivity index (χ1n) is 7.69. The molecule has 0 radical (unpaired) electrons. The molecule has 0 spiro atoms. The Labute approximate surface area is 107 Å². The van der Waals surface area contributed by atoms with Gasteiger partial charge in [-0.15, -0.1) is 0 Å². The third kappa shape index (κ3) is 3.45. The first-order valence-corrected chi connectivity index (χ1v) is 7.69. The van der Waals surface area contributed by atoms with Gasteiger partial charge in [0.05, 0.1) is 0 Å². The summed E-state index contributed by atoms with van der Waals surface area (Å²) >= 11 is 0. The first-order chi connectivity index (χ1) is 8.35. The lowest BCUT2D eigenvalue weighted by Gasteiger charge is -2.39. The highest BCUT2D eigenvalue weighted by molar-refractivity contribution is 4.88. The summed E-state index contributed by atoms with van der Waals surface area (Å²) in [6.45, 7) is 0. The number of nitrogens with one attached hydrogen (secondary N) is 2. The van der Waals surface area contributed by atoms with E-state index in [0.29, 0.717) is 0 Å². The van der Waals surface area contributed by atoms with E-state index in [2.05, 4.69) is 24.7 Å². The number of hydrogen-bond acceptors (Lipinski definition) is 2. The summed E-state index contributed by atoms with van der Waals surface area (Å²) in [6, 6.07) is 1.59. The summed E-state index contributed by atoms with van der Waals surface area (Å²) < 4.78 is 0. The summed E-state index contributed by atoms with van der Waals surface area (Å²) in [4.78, 5) is 0. The van der Waals surface area contributed by atoms with Crippen LogP contribution in [0.2, 0.25) is 0 Å². The predicted molar refractivity (Wildman–Crippen MR) is 74.2 cm³/mol. The second kappa shape index (κ2) is 6.75. The van der Waals surface area contributed by atoms with Crippen molar-refractivity contribution in [3.63, 3.8) is 0 Å². The molecule has 0 saturated heterocycles. The van der Waals surface area contributed by atoms with Gasteiger partial charge in [-0.2, -0.15) is 0 Å². The van der Waals surface area contributed by atoms with E-state index in [9.17, 15) is 0 Å². The summed E-state index contributed by atoms with van der Waals surface area (Å²) in [7, 11) is 4.30. The van der Waals surface area contributed by atoms with Gasteiger partial charge in [-0.1, -0.05) is 19.3 Å². The molecule has 17 heavy (non-hydrogen) atoms. The highest BCUT2D eigenvalue weighted by Crippen LogP contribution is 2.35. The van der Waals surface area contributed by atoms with Gasteiger partial charge in [-0.25, -0.2) is 0 Å². The lowest BCUT2D eigenvalue weighted by atomic mass is 9.73. The molecule has 0 amide bonds. The Bertz CT molecular complexity index is 203. The van der Waals surface area contributed by atoms with Crippen molar-refractivity contribution < 1.29 is 0 Å². The van der Waals surface area contributed by atoms with E-state index < -0.39 is 0 Å². The van der Waals surface area contributed by atoms with Crippen molar-refractivity contribution in [1.29, 1.82) is 0 Å². The van der Waals surface area contributed by atoms with Crippen molar-refractivity contribution in [1.82, 2.24) is 10.6 Å². The van der Waals surface area contributed by atoms with Gasteiger partial charge >= 0.3 is 0 Å². The van der Waals surface area contributed by atoms with Crippen molar-refractivity contribution in [2.45, 2.75) is 69.9 Å². The van der Waals surface area contributed by atoms with E-state index in [1.165, 1.54) is 57.8 Å². The molecule has 0 aromatic heterocycles. The Morgan fingerprint density at radius 1 is 0.765 bits per heavy atom. The summed E-state index contributed by atoms with van der Waals surface area (Å²) in [6.07, 6.45) is 13.0. The topological polar surface area (TPSA) is 24.1 Å². The summed E-state index contributed by atoms with van der Waals surface area (Å²) in [5.41, 5.74) is 0. The van der Waals surface area contributed by atoms with E-state index in [0.717, 1.165) is 23.9 Å². The molecular weight excluding hydrogens is 208 g/mol. The van der Waals surface area contributed by atoms with Crippen molar-refractivity contribution in [3.05, 3.63) is 0 Å². The molecule has 2 N–H and O–H groups in total. The molecule has 1 unspecified atom stereocenters. The number of hydrogen-bond donors (Lipinski definition) is 2. The van der Waals surface area contributed by atoms with Crippen LogP contribution in [0.4, 0.5) is 0 Å². The molecule has 2 rings (SSSR count). The molecule has 0 aliphatic heterocycles. The van der Waals surface area contributed by atoms with Crippen LogP contribution in [0.15, 0.2) is 0 Å². The highest BCUT2D eigenvalue weighted by atomic mass is 14.9. The van der Waals surface area contributed by atoms with E-state index in [-0.39, 0.29) is 0 Å². The van der Waals surface area contributed by atoms with Crippen molar-refractivity contribution in [2.24, 2.45) is 11.8 Å². The molecule has 0 bridgehead atoms. The van der Waals surface area contributed by atoms with Crippen LogP contribution in [0.5, 0.6) is 0 Å². The molecule has 2 saturated carbocycles. The Morgan fingerprint density at radius 3 is 1.88 bits per heavy atom. The van der Waals surface area contributed by atoms with Crippen molar-refractivity contribution in [2.75, 3.05) is 14.1 Å². The van der Waals surface area contributed by atoms with Gasteiger partial charge in [0.2, 0.25) is 0 Å². The second-order valence-corrected chi connectivity index (χ2v) is 6.11. The average molecular weight is 238 g/mol. The Morgan fingerprint density at radius 2 is 1.35 bits per heavy atom. The quantitative estimate of drug-likeness (QED) is 0.787. The van der Waals surface area contributed by atoms with Gasteiger partial charge in [-0.05, 0) is 64.5 Å². The first kappa shape index (κ1) is 13.4. The minimum absolute atomic E-state index is 0.787. The van der Waals surface area contributed by atoms with Crippen LogP contribution in [0, 0.1) is 11.8 Å². The van der Waals surface area contributed by atoms with Gasteiger partial charge in [0.25, 0.3) is 0 Å². The molecular formula is C15H30N2. The lowest BCUT2D eigenvalue weighted by molar-refractivity contribution is 0.168. The van der Waals surface area contributed by atoms with Crippen LogP contribution in [0.1, 0.15) is 57.8 Å². The fraction of sp³-hybridized carbons (Fsp3) is 1.00. The van der Waals surface area contributed by atoms with E-state index in [1.54, 1.807) is 0 Å². The molecule has 2 aliphatic rings. The maximum absolute atomic E-state index is 3.65. The van der Waals surface area contributed by atoms with Gasteiger partial charge in [-0.3, -0.25) is 0 Å². The van der Waals surface area contributed by atoms with Gasteiger partial charge in [0, 0.05) is 12.1 Å². The smallest absolute Gasteiger partial charge is 0.0121 e. The number of rotatable bonds is 4. The van der Waals surface area contributed by atoms with Crippen molar-refractivity contribution >= 4 is 0 Å². The van der Waals surface area contributed by atoms with Crippen molar-refractivity contribution in [3.8, 4) is 0 Å². The zero-order valence-corrected chi connectivity index (χ0v) is 11.7. The molecule has 2 heteroatoms. The fourth-order valence-corrected chi connectivity index (χ4v) is 4.12. The highest BCUT2D eigenvalue weighted by Gasteiger charge is 2.31. The zero-order valence-electron chi connectivity index (χ0n) is 11.7. The van der Waals surface area contributed by atoms with Crippen LogP contribution >= 0.6 is 0 Å². The summed E-state index contributed by atoms with van der Waals surface area (Å²) in [5.74, 6) is 1.90. The average Bonchev–Trinajstić information content (AvgIpc) is 2.42. The molecule has 2 fully saturated rings. The Kier molecular flexibility index (Phi) is 5.30. The van der Waals surface area contributed by atoms with Gasteiger partial charge in [0.15, 0.2) is 0 Å².